The van der Waals surface area contributed by atoms with Crippen LogP contribution in [0.4, 0.5) is 0 Å². The van der Waals surface area contributed by atoms with Gasteiger partial charge in [0, 0.05) is 16.7 Å². The third kappa shape index (κ3) is 4.77. The lowest BCUT2D eigenvalue weighted by atomic mass is 9.77. The van der Waals surface area contributed by atoms with Crippen LogP contribution < -0.4 is 28.4 Å². The molecular weight excluding hydrogens is 448 g/mol. The zero-order valence-corrected chi connectivity index (χ0v) is 22.2. The zero-order chi connectivity index (χ0) is 25.9. The number of benzene rings is 2. The number of ether oxygens (including phenoxy) is 6. The van der Waals surface area contributed by atoms with Crippen LogP contribution in [0.1, 0.15) is 38.8 Å². The van der Waals surface area contributed by atoms with E-state index in [0.29, 0.717) is 51.9 Å². The summed E-state index contributed by atoms with van der Waals surface area (Å²) in [5.74, 6) is 2.94. The number of fused-ring (bicyclic) bond motifs is 3. The highest BCUT2D eigenvalue weighted by molar-refractivity contribution is 5.94. The van der Waals surface area contributed by atoms with Gasteiger partial charge >= 0.3 is 5.97 Å². The second kappa shape index (κ2) is 10.9. The summed E-state index contributed by atoms with van der Waals surface area (Å²) in [5.41, 5.74) is 3.98. The standard InChI is InChI=1S/C28H36O7/c1-10-15(2)28(29)35-27-23-19(14-21(31-6)25(27)33-8)12-17(4)16(3)11-18-13-20(30-5)24(32-7)26(34-9)22(18)23/h10,13-14,16-17H,11-12H2,1-9H3/b15-10-/t16-,17-/m0/s1. The second-order valence-electron chi connectivity index (χ2n) is 8.88. The lowest BCUT2D eigenvalue weighted by molar-refractivity contribution is -0.130. The lowest BCUT2D eigenvalue weighted by Crippen LogP contribution is -2.19. The van der Waals surface area contributed by atoms with E-state index in [1.54, 1.807) is 48.4 Å². The van der Waals surface area contributed by atoms with Crippen molar-refractivity contribution >= 4 is 5.97 Å². The molecule has 0 radical (unpaired) electrons. The molecule has 0 unspecified atom stereocenters. The Bertz CT molecular complexity index is 1130. The lowest BCUT2D eigenvalue weighted by Gasteiger charge is -2.30. The first-order valence-electron chi connectivity index (χ1n) is 11.7. The van der Waals surface area contributed by atoms with Gasteiger partial charge in [-0.1, -0.05) is 19.9 Å². The maximum atomic E-state index is 13.0. The topological polar surface area (TPSA) is 72.5 Å². The van der Waals surface area contributed by atoms with E-state index in [1.807, 2.05) is 12.1 Å². The summed E-state index contributed by atoms with van der Waals surface area (Å²) in [4.78, 5) is 13.0. The van der Waals surface area contributed by atoms with Gasteiger partial charge in [-0.3, -0.25) is 0 Å². The highest BCUT2D eigenvalue weighted by Gasteiger charge is 2.34. The molecule has 0 bridgehead atoms. The first-order valence-corrected chi connectivity index (χ1v) is 11.7. The third-order valence-electron chi connectivity index (χ3n) is 6.87. The van der Waals surface area contributed by atoms with Crippen LogP contribution in [-0.4, -0.2) is 41.5 Å². The number of allylic oxidation sites excluding steroid dienone is 1. The number of hydrogen-bond acceptors (Lipinski definition) is 7. The van der Waals surface area contributed by atoms with E-state index < -0.39 is 5.97 Å². The van der Waals surface area contributed by atoms with E-state index in [0.717, 1.165) is 35.1 Å². The van der Waals surface area contributed by atoms with Crippen molar-refractivity contribution in [1.82, 2.24) is 0 Å². The van der Waals surface area contributed by atoms with Crippen molar-refractivity contribution in [1.29, 1.82) is 0 Å². The predicted molar refractivity (Wildman–Crippen MR) is 135 cm³/mol. The van der Waals surface area contributed by atoms with Gasteiger partial charge in [0.2, 0.25) is 11.5 Å². The number of hydrogen-bond donors (Lipinski definition) is 0. The van der Waals surface area contributed by atoms with Crippen molar-refractivity contribution in [3.8, 4) is 45.6 Å². The number of esters is 1. The predicted octanol–water partition coefficient (Wildman–Crippen LogP) is 5.64. The minimum atomic E-state index is -0.467. The van der Waals surface area contributed by atoms with Gasteiger partial charge in [0.1, 0.15) is 0 Å². The molecule has 190 valence electrons. The molecular formula is C28H36O7. The Balaban J connectivity index is 2.53. The normalized spacial score (nSPS) is 17.3. The molecule has 1 aliphatic carbocycles. The van der Waals surface area contributed by atoms with Gasteiger partial charge in [0.25, 0.3) is 0 Å². The number of carbonyl (C=O) groups is 1. The molecule has 2 atom stereocenters. The van der Waals surface area contributed by atoms with E-state index in [4.69, 9.17) is 28.4 Å². The maximum Gasteiger partial charge on any atom is 0.338 e. The largest absolute Gasteiger partial charge is 0.493 e. The molecule has 0 N–H and O–H groups in total. The quantitative estimate of drug-likeness (QED) is 0.286. The molecule has 0 fully saturated rings. The Kier molecular flexibility index (Phi) is 8.20. The van der Waals surface area contributed by atoms with Crippen LogP contribution in [0.5, 0.6) is 34.5 Å². The van der Waals surface area contributed by atoms with Crippen molar-refractivity contribution in [3.63, 3.8) is 0 Å². The van der Waals surface area contributed by atoms with E-state index >= 15 is 0 Å². The van der Waals surface area contributed by atoms with Gasteiger partial charge in [-0.15, -0.1) is 0 Å². The fourth-order valence-electron chi connectivity index (χ4n) is 4.57. The summed E-state index contributed by atoms with van der Waals surface area (Å²) in [6, 6.07) is 3.94. The summed E-state index contributed by atoms with van der Waals surface area (Å²) >= 11 is 0. The van der Waals surface area contributed by atoms with Gasteiger partial charge in [-0.2, -0.15) is 0 Å². The maximum absolute atomic E-state index is 13.0. The van der Waals surface area contributed by atoms with Crippen LogP contribution in [0.25, 0.3) is 11.1 Å². The van der Waals surface area contributed by atoms with Crippen LogP contribution in [0, 0.1) is 11.8 Å². The fourth-order valence-corrected chi connectivity index (χ4v) is 4.57. The number of carbonyl (C=O) groups excluding carboxylic acids is 1. The van der Waals surface area contributed by atoms with E-state index in [9.17, 15) is 4.79 Å². The van der Waals surface area contributed by atoms with E-state index in [-0.39, 0.29) is 0 Å². The summed E-state index contributed by atoms with van der Waals surface area (Å²) < 4.78 is 34.7. The molecule has 1 aliphatic rings. The van der Waals surface area contributed by atoms with Gasteiger partial charge in [0.15, 0.2) is 23.0 Å². The van der Waals surface area contributed by atoms with Crippen molar-refractivity contribution in [3.05, 3.63) is 34.9 Å². The molecule has 7 nitrogen and oxygen atoms in total. The summed E-state index contributed by atoms with van der Waals surface area (Å²) in [6.07, 6.45) is 3.24. The van der Waals surface area contributed by atoms with Gasteiger partial charge < -0.3 is 28.4 Å². The average Bonchev–Trinajstić information content (AvgIpc) is 2.86. The van der Waals surface area contributed by atoms with Crippen molar-refractivity contribution in [2.24, 2.45) is 11.8 Å². The Morgan fingerprint density at radius 3 is 1.57 bits per heavy atom. The fraction of sp³-hybridized carbons (Fsp3) is 0.464. The van der Waals surface area contributed by atoms with Crippen molar-refractivity contribution in [2.75, 3.05) is 35.5 Å². The van der Waals surface area contributed by atoms with E-state index in [1.165, 1.54) is 7.11 Å². The molecule has 35 heavy (non-hydrogen) atoms. The van der Waals surface area contributed by atoms with Crippen LogP contribution in [-0.2, 0) is 17.6 Å². The molecule has 0 saturated heterocycles. The summed E-state index contributed by atoms with van der Waals surface area (Å²) in [7, 11) is 7.88. The van der Waals surface area contributed by atoms with E-state index in [2.05, 4.69) is 13.8 Å². The number of rotatable bonds is 7. The molecule has 2 aromatic rings. The van der Waals surface area contributed by atoms with Crippen LogP contribution >= 0.6 is 0 Å². The summed E-state index contributed by atoms with van der Waals surface area (Å²) in [5, 5.41) is 0. The molecule has 0 amide bonds. The molecule has 7 heteroatoms. The van der Waals surface area contributed by atoms with Crippen molar-refractivity contribution < 1.29 is 33.2 Å². The zero-order valence-electron chi connectivity index (χ0n) is 22.2. The van der Waals surface area contributed by atoms with Crippen molar-refractivity contribution in [2.45, 2.75) is 40.5 Å². The molecule has 0 heterocycles. The second-order valence-corrected chi connectivity index (χ2v) is 8.88. The van der Waals surface area contributed by atoms with Gasteiger partial charge in [-0.25, -0.2) is 4.79 Å². The Morgan fingerprint density at radius 1 is 0.743 bits per heavy atom. The average molecular weight is 485 g/mol. The highest BCUT2D eigenvalue weighted by atomic mass is 16.6. The molecule has 2 aromatic carbocycles. The minimum Gasteiger partial charge on any atom is -0.493 e. The van der Waals surface area contributed by atoms with Crippen LogP contribution in [0.3, 0.4) is 0 Å². The van der Waals surface area contributed by atoms with Crippen LogP contribution in [0.2, 0.25) is 0 Å². The Morgan fingerprint density at radius 2 is 1.17 bits per heavy atom. The van der Waals surface area contributed by atoms with Gasteiger partial charge in [0.05, 0.1) is 35.5 Å². The SMILES string of the molecule is C/C=C(/C)C(=O)Oc1c(OC)c(OC)cc2c1-c1c(cc(OC)c(OC)c1OC)C[C@H](C)[C@@H](C)C2. The minimum absolute atomic E-state index is 0.293. The first kappa shape index (κ1) is 26.3. The van der Waals surface area contributed by atoms with Crippen LogP contribution in [0.15, 0.2) is 23.8 Å². The Labute approximate surface area is 207 Å². The third-order valence-corrected chi connectivity index (χ3v) is 6.87. The monoisotopic (exact) mass is 484 g/mol. The summed E-state index contributed by atoms with van der Waals surface area (Å²) in [6.45, 7) is 7.97. The smallest absolute Gasteiger partial charge is 0.338 e. The molecule has 0 aromatic heterocycles. The Hall–Kier alpha value is -3.35. The molecule has 0 spiro atoms. The van der Waals surface area contributed by atoms with Gasteiger partial charge in [-0.05, 0) is 61.8 Å². The highest BCUT2D eigenvalue weighted by Crippen LogP contribution is 2.56. The molecule has 0 aliphatic heterocycles. The molecule has 0 saturated carbocycles. The molecule has 3 rings (SSSR count). The first-order chi connectivity index (χ1) is 16.8. The number of methoxy groups -OCH3 is 5.